The van der Waals surface area contributed by atoms with Gasteiger partial charge in [-0.15, -0.1) is 11.3 Å². The number of esters is 1. The van der Waals surface area contributed by atoms with Crippen molar-refractivity contribution in [1.82, 2.24) is 10.2 Å². The van der Waals surface area contributed by atoms with E-state index in [2.05, 4.69) is 5.32 Å². The van der Waals surface area contributed by atoms with E-state index in [4.69, 9.17) is 4.74 Å². The van der Waals surface area contributed by atoms with Crippen molar-refractivity contribution in [3.63, 3.8) is 0 Å². The predicted octanol–water partition coefficient (Wildman–Crippen LogP) is 2.23. The lowest BCUT2D eigenvalue weighted by molar-refractivity contribution is -0.147. The van der Waals surface area contributed by atoms with Gasteiger partial charge in [0.05, 0.1) is 6.61 Å². The molecule has 1 aliphatic heterocycles. The normalized spacial score (nSPS) is 21.2. The van der Waals surface area contributed by atoms with E-state index < -0.39 is 17.5 Å². The van der Waals surface area contributed by atoms with Crippen molar-refractivity contribution in [2.45, 2.75) is 24.8 Å². The molecule has 1 aliphatic carbocycles. The first-order valence-corrected chi connectivity index (χ1v) is 9.38. The SMILES string of the molecule is O=C(CN1C(=O)N[C@]2(CCc3ccccc32)C1=O)OCCc1cccs1. The molecular weight excluding hydrogens is 352 g/mol. The molecule has 0 radical (unpaired) electrons. The number of imide groups is 1. The highest BCUT2D eigenvalue weighted by Gasteiger charge is 2.55. The van der Waals surface area contributed by atoms with E-state index in [0.29, 0.717) is 12.8 Å². The van der Waals surface area contributed by atoms with Crippen LogP contribution < -0.4 is 5.32 Å². The van der Waals surface area contributed by atoms with Crippen LogP contribution in [-0.4, -0.2) is 36.0 Å². The van der Waals surface area contributed by atoms with Crippen molar-refractivity contribution in [3.05, 3.63) is 57.8 Å². The van der Waals surface area contributed by atoms with Crippen molar-refractivity contribution >= 4 is 29.2 Å². The smallest absolute Gasteiger partial charge is 0.326 e. The van der Waals surface area contributed by atoms with E-state index in [9.17, 15) is 14.4 Å². The summed E-state index contributed by atoms with van der Waals surface area (Å²) in [5.41, 5.74) is 0.846. The summed E-state index contributed by atoms with van der Waals surface area (Å²) >= 11 is 1.59. The van der Waals surface area contributed by atoms with Gasteiger partial charge in [-0.1, -0.05) is 30.3 Å². The van der Waals surface area contributed by atoms with Gasteiger partial charge >= 0.3 is 12.0 Å². The summed E-state index contributed by atoms with van der Waals surface area (Å²) in [6.07, 6.45) is 1.86. The van der Waals surface area contributed by atoms with Crippen LogP contribution in [0.2, 0.25) is 0 Å². The maximum absolute atomic E-state index is 12.9. The van der Waals surface area contributed by atoms with Crippen LogP contribution in [0, 0.1) is 0 Å². The summed E-state index contributed by atoms with van der Waals surface area (Å²) in [5.74, 6) is -0.948. The number of nitrogens with one attached hydrogen (secondary N) is 1. The van der Waals surface area contributed by atoms with Gasteiger partial charge in [0.2, 0.25) is 0 Å². The van der Waals surface area contributed by atoms with E-state index in [-0.39, 0.29) is 19.1 Å². The Labute approximate surface area is 154 Å². The van der Waals surface area contributed by atoms with E-state index >= 15 is 0 Å². The number of thiophene rings is 1. The van der Waals surface area contributed by atoms with Gasteiger partial charge in [0, 0.05) is 11.3 Å². The van der Waals surface area contributed by atoms with Crippen LogP contribution in [0.15, 0.2) is 41.8 Å². The highest BCUT2D eigenvalue weighted by Crippen LogP contribution is 2.41. The number of hydrogen-bond donors (Lipinski definition) is 1. The Bertz CT molecular complexity index is 864. The Morgan fingerprint density at radius 1 is 1.23 bits per heavy atom. The molecule has 134 valence electrons. The summed E-state index contributed by atoms with van der Waals surface area (Å²) in [6.45, 7) is -0.129. The third-order valence-corrected chi connectivity index (χ3v) is 5.84. The van der Waals surface area contributed by atoms with Crippen LogP contribution in [0.25, 0.3) is 0 Å². The van der Waals surface area contributed by atoms with E-state index in [0.717, 1.165) is 27.3 Å². The number of rotatable bonds is 5. The molecule has 0 saturated carbocycles. The molecule has 1 N–H and O–H groups in total. The van der Waals surface area contributed by atoms with E-state index in [1.165, 1.54) is 0 Å². The average molecular weight is 370 g/mol. The Balaban J connectivity index is 1.41. The molecule has 2 heterocycles. The molecule has 2 aliphatic rings. The molecule has 1 aromatic heterocycles. The molecule has 3 amide bonds. The van der Waals surface area contributed by atoms with Gasteiger partial charge < -0.3 is 10.1 Å². The molecule has 26 heavy (non-hydrogen) atoms. The van der Waals surface area contributed by atoms with Gasteiger partial charge in [-0.3, -0.25) is 14.5 Å². The molecule has 0 bridgehead atoms. The quantitative estimate of drug-likeness (QED) is 0.647. The molecule has 1 atom stereocenters. The minimum atomic E-state index is -1.04. The van der Waals surface area contributed by atoms with Gasteiger partial charge in [0.25, 0.3) is 5.91 Å². The molecule has 7 heteroatoms. The third kappa shape index (κ3) is 2.78. The molecule has 6 nitrogen and oxygen atoms in total. The molecule has 4 rings (SSSR count). The number of amides is 3. The fourth-order valence-electron chi connectivity index (χ4n) is 3.63. The Kier molecular flexibility index (Phi) is 4.24. The highest BCUT2D eigenvalue weighted by molar-refractivity contribution is 7.09. The topological polar surface area (TPSA) is 75.7 Å². The van der Waals surface area contributed by atoms with Crippen LogP contribution in [0.4, 0.5) is 4.79 Å². The zero-order chi connectivity index (χ0) is 18.1. The number of nitrogens with zero attached hydrogens (tertiary/aromatic N) is 1. The van der Waals surface area contributed by atoms with Crippen LogP contribution in [0.5, 0.6) is 0 Å². The molecule has 1 saturated heterocycles. The monoisotopic (exact) mass is 370 g/mol. The van der Waals surface area contributed by atoms with Crippen LogP contribution >= 0.6 is 11.3 Å². The molecule has 0 unspecified atom stereocenters. The number of benzene rings is 1. The molecular formula is C19H18N2O4S. The number of aryl methyl sites for hydroxylation is 1. The van der Waals surface area contributed by atoms with Crippen molar-refractivity contribution in [2.75, 3.05) is 13.2 Å². The van der Waals surface area contributed by atoms with E-state index in [1.807, 2.05) is 41.8 Å². The number of hydrogen-bond acceptors (Lipinski definition) is 5. The minimum Gasteiger partial charge on any atom is -0.464 e. The molecule has 2 aromatic rings. The zero-order valence-electron chi connectivity index (χ0n) is 14.1. The second-order valence-electron chi connectivity index (χ2n) is 6.43. The number of fused-ring (bicyclic) bond motifs is 2. The highest BCUT2D eigenvalue weighted by atomic mass is 32.1. The average Bonchev–Trinajstić information content (AvgIpc) is 3.33. The first-order chi connectivity index (χ1) is 12.6. The lowest BCUT2D eigenvalue weighted by Gasteiger charge is -2.22. The maximum atomic E-state index is 12.9. The molecule has 1 fully saturated rings. The lowest BCUT2D eigenvalue weighted by Crippen LogP contribution is -2.42. The Morgan fingerprint density at radius 2 is 2.08 bits per heavy atom. The van der Waals surface area contributed by atoms with Crippen molar-refractivity contribution in [3.8, 4) is 0 Å². The third-order valence-electron chi connectivity index (χ3n) is 4.90. The standard InChI is InChI=1S/C19H18N2O4S/c22-16(25-10-8-14-5-3-11-26-14)12-21-17(23)19(20-18(21)24)9-7-13-4-1-2-6-15(13)19/h1-6,11H,7-10,12H2,(H,20,24)/t19-/m0/s1. The van der Waals surface area contributed by atoms with Crippen LogP contribution in [0.1, 0.15) is 22.4 Å². The maximum Gasteiger partial charge on any atom is 0.326 e. The predicted molar refractivity (Wildman–Crippen MR) is 95.7 cm³/mol. The summed E-state index contributed by atoms with van der Waals surface area (Å²) < 4.78 is 5.19. The zero-order valence-corrected chi connectivity index (χ0v) is 14.9. The summed E-state index contributed by atoms with van der Waals surface area (Å²) in [5, 5.41) is 4.76. The number of ether oxygens (including phenoxy) is 1. The first kappa shape index (κ1) is 16.8. The van der Waals surface area contributed by atoms with Crippen LogP contribution in [0.3, 0.4) is 0 Å². The number of carbonyl (C=O) groups is 3. The molecule has 1 spiro atoms. The Morgan fingerprint density at radius 3 is 2.88 bits per heavy atom. The minimum absolute atomic E-state index is 0.233. The van der Waals surface area contributed by atoms with Gasteiger partial charge in [-0.05, 0) is 35.4 Å². The summed E-state index contributed by atoms with van der Waals surface area (Å²) in [7, 11) is 0. The largest absolute Gasteiger partial charge is 0.464 e. The number of carbonyl (C=O) groups excluding carboxylic acids is 3. The van der Waals surface area contributed by atoms with Gasteiger partial charge in [-0.2, -0.15) is 0 Å². The fraction of sp³-hybridized carbons (Fsp3) is 0.316. The van der Waals surface area contributed by atoms with Crippen molar-refractivity contribution in [2.24, 2.45) is 0 Å². The van der Waals surface area contributed by atoms with Gasteiger partial charge in [0.1, 0.15) is 12.1 Å². The second-order valence-corrected chi connectivity index (χ2v) is 7.47. The number of urea groups is 1. The Hall–Kier alpha value is -2.67. The van der Waals surface area contributed by atoms with Gasteiger partial charge in [-0.25, -0.2) is 4.79 Å². The lowest BCUT2D eigenvalue weighted by atomic mass is 9.92. The summed E-state index contributed by atoms with van der Waals surface area (Å²) in [6, 6.07) is 11.0. The van der Waals surface area contributed by atoms with Crippen molar-refractivity contribution in [1.29, 1.82) is 0 Å². The molecule has 1 aromatic carbocycles. The first-order valence-electron chi connectivity index (χ1n) is 8.51. The second kappa shape index (κ2) is 6.57. The van der Waals surface area contributed by atoms with Crippen LogP contribution in [-0.2, 0) is 32.7 Å². The van der Waals surface area contributed by atoms with Crippen molar-refractivity contribution < 1.29 is 19.1 Å². The summed E-state index contributed by atoms with van der Waals surface area (Å²) in [4.78, 5) is 39.4. The fourth-order valence-corrected chi connectivity index (χ4v) is 4.32. The van der Waals surface area contributed by atoms with E-state index in [1.54, 1.807) is 11.3 Å². The van der Waals surface area contributed by atoms with Gasteiger partial charge in [0.15, 0.2) is 0 Å².